The fraction of sp³-hybridized carbons (Fsp3) is 0.286. The topological polar surface area (TPSA) is 119 Å². The lowest BCUT2D eigenvalue weighted by molar-refractivity contribution is -0.115. The zero-order valence-corrected chi connectivity index (χ0v) is 17.8. The summed E-state index contributed by atoms with van der Waals surface area (Å²) in [5, 5.41) is 3.61. The highest BCUT2D eigenvalue weighted by Gasteiger charge is 2.33. The molecule has 0 bridgehead atoms. The van der Waals surface area contributed by atoms with Crippen molar-refractivity contribution >= 4 is 38.8 Å². The van der Waals surface area contributed by atoms with Gasteiger partial charge in [-0.3, -0.25) is 14.4 Å². The van der Waals surface area contributed by atoms with Crippen LogP contribution in [0.5, 0.6) is 5.75 Å². The first-order chi connectivity index (χ1) is 14.2. The molecule has 2 amide bonds. The Morgan fingerprint density at radius 1 is 1.00 bits per heavy atom. The molecule has 0 aliphatic rings. The van der Waals surface area contributed by atoms with Gasteiger partial charge in [-0.15, -0.1) is 0 Å². The number of carbonyl (C=O) groups is 3. The molecule has 8 nitrogen and oxygen atoms in total. The van der Waals surface area contributed by atoms with E-state index in [1.165, 1.54) is 20.1 Å². The molecule has 2 aromatic carbocycles. The minimum absolute atomic E-state index is 0.00359. The van der Waals surface area contributed by atoms with Crippen molar-refractivity contribution in [2.24, 2.45) is 0 Å². The number of Topliss-reactive ketones (excluding diaryl/α,β-unsaturated/α-hetero) is 1. The van der Waals surface area contributed by atoms with Gasteiger partial charge < -0.3 is 15.4 Å². The van der Waals surface area contributed by atoms with Gasteiger partial charge in [-0.2, -0.15) is 0 Å². The van der Waals surface area contributed by atoms with Gasteiger partial charge in [-0.1, -0.05) is 19.1 Å². The average Bonchev–Trinajstić information content (AvgIpc) is 2.68. The van der Waals surface area contributed by atoms with Crippen LogP contribution < -0.4 is 15.4 Å². The van der Waals surface area contributed by atoms with Gasteiger partial charge in [0.25, 0.3) is 0 Å². The van der Waals surface area contributed by atoms with Crippen LogP contribution in [0.15, 0.2) is 48.5 Å². The molecule has 0 saturated heterocycles. The zero-order chi connectivity index (χ0) is 22.3. The summed E-state index contributed by atoms with van der Waals surface area (Å²) in [5.74, 6) is -1.92. The summed E-state index contributed by atoms with van der Waals surface area (Å²) < 4.78 is 30.4. The monoisotopic (exact) mass is 432 g/mol. The Morgan fingerprint density at radius 2 is 1.67 bits per heavy atom. The smallest absolute Gasteiger partial charge is 0.242 e. The van der Waals surface area contributed by atoms with Gasteiger partial charge in [0.1, 0.15) is 16.8 Å². The number of hydrogen-bond donors (Lipinski definition) is 2. The summed E-state index contributed by atoms with van der Waals surface area (Å²) in [5.41, 5.74) is 1.11. The fourth-order valence-corrected chi connectivity index (χ4v) is 4.33. The van der Waals surface area contributed by atoms with Gasteiger partial charge in [0, 0.05) is 16.9 Å². The van der Waals surface area contributed by atoms with Gasteiger partial charge in [0.05, 0.1) is 7.11 Å². The van der Waals surface area contributed by atoms with E-state index in [0.717, 1.165) is 0 Å². The predicted octanol–water partition coefficient (Wildman–Crippen LogP) is 2.67. The number of anilines is 2. The Kier molecular flexibility index (Phi) is 7.71. The highest BCUT2D eigenvalue weighted by atomic mass is 32.2. The van der Waals surface area contributed by atoms with Gasteiger partial charge in [0.15, 0.2) is 15.6 Å². The molecule has 0 saturated carbocycles. The Labute approximate surface area is 175 Å². The maximum atomic E-state index is 12.7. The largest absolute Gasteiger partial charge is 0.497 e. The highest BCUT2D eigenvalue weighted by molar-refractivity contribution is 7.93. The van der Waals surface area contributed by atoms with Crippen molar-refractivity contribution < 1.29 is 27.5 Å². The molecule has 160 valence electrons. The van der Waals surface area contributed by atoms with E-state index in [0.29, 0.717) is 22.7 Å². The minimum atomic E-state index is -4.07. The van der Waals surface area contributed by atoms with E-state index in [4.69, 9.17) is 4.74 Å². The van der Waals surface area contributed by atoms with Gasteiger partial charge in [0.2, 0.25) is 11.8 Å². The van der Waals surface area contributed by atoms with E-state index < -0.39 is 32.7 Å². The lowest BCUT2D eigenvalue weighted by atomic mass is 10.1. The second kappa shape index (κ2) is 10.0. The highest BCUT2D eigenvalue weighted by Crippen LogP contribution is 2.17. The van der Waals surface area contributed by atoms with Crippen LogP contribution in [0, 0.1) is 0 Å². The molecule has 0 heterocycles. The number of rotatable bonds is 9. The van der Waals surface area contributed by atoms with Crippen molar-refractivity contribution in [1.29, 1.82) is 0 Å². The number of nitrogens with one attached hydrogen (secondary N) is 2. The van der Waals surface area contributed by atoms with Crippen molar-refractivity contribution in [1.82, 2.24) is 0 Å². The first kappa shape index (κ1) is 23.1. The van der Waals surface area contributed by atoms with E-state index >= 15 is 0 Å². The first-order valence-electron chi connectivity index (χ1n) is 9.23. The molecule has 9 heteroatoms. The summed E-state index contributed by atoms with van der Waals surface area (Å²) in [6, 6.07) is 12.6. The van der Waals surface area contributed by atoms with Gasteiger partial charge in [-0.25, -0.2) is 8.42 Å². The maximum absolute atomic E-state index is 12.7. The van der Waals surface area contributed by atoms with Crippen molar-refractivity contribution in [2.75, 3.05) is 23.5 Å². The van der Waals surface area contributed by atoms with Crippen molar-refractivity contribution in [3.8, 4) is 5.75 Å². The Morgan fingerprint density at radius 3 is 2.23 bits per heavy atom. The number of hydrogen-bond acceptors (Lipinski definition) is 6. The number of ketones is 1. The Bertz CT molecular complexity index is 1030. The predicted molar refractivity (Wildman–Crippen MR) is 115 cm³/mol. The van der Waals surface area contributed by atoms with Crippen molar-refractivity contribution in [3.63, 3.8) is 0 Å². The number of methoxy groups -OCH3 is 1. The molecule has 0 aliphatic heterocycles. The number of carbonyl (C=O) groups excluding carboxylic acids is 3. The lowest BCUT2D eigenvalue weighted by Crippen LogP contribution is -2.39. The molecule has 2 aromatic rings. The number of ether oxygens (including phenoxy) is 1. The standard InChI is InChI=1S/C21H24N2O6S/c1-4-19(21(26)23-17-7-5-6-15(12-17)14(2)24)30(27,28)13-20(25)22-16-8-10-18(29-3)11-9-16/h5-12,19H,4,13H2,1-3H3,(H,22,25)(H,23,26). The average molecular weight is 432 g/mol. The van der Waals surface area contributed by atoms with Crippen LogP contribution in [0.2, 0.25) is 0 Å². The van der Waals surface area contributed by atoms with Crippen LogP contribution in [0.25, 0.3) is 0 Å². The van der Waals surface area contributed by atoms with Crippen LogP contribution in [0.1, 0.15) is 30.6 Å². The van der Waals surface area contributed by atoms with Crippen LogP contribution in [0.4, 0.5) is 11.4 Å². The van der Waals surface area contributed by atoms with Crippen LogP contribution in [-0.2, 0) is 19.4 Å². The molecule has 2 N–H and O–H groups in total. The third-order valence-corrected chi connectivity index (χ3v) is 6.42. The van der Waals surface area contributed by atoms with E-state index in [9.17, 15) is 22.8 Å². The normalized spacial score (nSPS) is 12.0. The van der Waals surface area contributed by atoms with Crippen LogP contribution in [0.3, 0.4) is 0 Å². The van der Waals surface area contributed by atoms with E-state index in [1.807, 2.05) is 0 Å². The summed E-state index contributed by atoms with van der Waals surface area (Å²) in [6.45, 7) is 2.94. The fourth-order valence-electron chi connectivity index (χ4n) is 2.80. The van der Waals surface area contributed by atoms with Crippen molar-refractivity contribution in [2.45, 2.75) is 25.5 Å². The maximum Gasteiger partial charge on any atom is 0.242 e. The van der Waals surface area contributed by atoms with E-state index in [1.54, 1.807) is 49.4 Å². The summed E-state index contributed by atoms with van der Waals surface area (Å²) in [7, 11) is -2.56. The quantitative estimate of drug-likeness (QED) is 0.588. The van der Waals surface area contributed by atoms with Gasteiger partial charge >= 0.3 is 0 Å². The minimum Gasteiger partial charge on any atom is -0.497 e. The second-order valence-corrected chi connectivity index (χ2v) is 8.79. The number of sulfone groups is 1. The molecule has 30 heavy (non-hydrogen) atoms. The Balaban J connectivity index is 2.07. The number of amides is 2. The molecule has 0 fully saturated rings. The third kappa shape index (κ3) is 6.15. The van der Waals surface area contributed by atoms with Crippen molar-refractivity contribution in [3.05, 3.63) is 54.1 Å². The molecule has 0 aromatic heterocycles. The molecule has 1 unspecified atom stereocenters. The third-order valence-electron chi connectivity index (χ3n) is 4.34. The van der Waals surface area contributed by atoms with Crippen LogP contribution >= 0.6 is 0 Å². The molecule has 2 rings (SSSR count). The Hall–Kier alpha value is -3.20. The summed E-state index contributed by atoms with van der Waals surface area (Å²) >= 11 is 0. The molecule has 0 aliphatic carbocycles. The van der Waals surface area contributed by atoms with E-state index in [2.05, 4.69) is 10.6 Å². The lowest BCUT2D eigenvalue weighted by Gasteiger charge is -2.16. The second-order valence-electron chi connectivity index (χ2n) is 6.61. The zero-order valence-electron chi connectivity index (χ0n) is 17.0. The molecule has 1 atom stereocenters. The molecular formula is C21H24N2O6S. The molecular weight excluding hydrogens is 408 g/mol. The SMILES string of the molecule is CCC(C(=O)Nc1cccc(C(C)=O)c1)S(=O)(=O)CC(=O)Nc1ccc(OC)cc1. The molecule has 0 radical (unpaired) electrons. The molecule has 0 spiro atoms. The summed E-state index contributed by atoms with van der Waals surface area (Å²) in [6.07, 6.45) is -0.00359. The van der Waals surface area contributed by atoms with E-state index in [-0.39, 0.29) is 12.2 Å². The first-order valence-corrected chi connectivity index (χ1v) is 10.9. The van der Waals surface area contributed by atoms with Gasteiger partial charge in [-0.05, 0) is 49.7 Å². The van der Waals surface area contributed by atoms with Crippen LogP contribution in [-0.4, -0.2) is 44.1 Å². The number of benzene rings is 2. The summed E-state index contributed by atoms with van der Waals surface area (Å²) in [4.78, 5) is 36.3.